The molecule has 1 aliphatic rings. The minimum Gasteiger partial charge on any atom is -0.235 e. The predicted molar refractivity (Wildman–Crippen MR) is 156 cm³/mol. The average molecular weight is 587 g/mol. The molecule has 38 heavy (non-hydrogen) atoms. The quantitative estimate of drug-likeness (QED) is 0.230. The Labute approximate surface area is 238 Å². The number of fused-ring (bicyclic) bond motifs is 1. The summed E-state index contributed by atoms with van der Waals surface area (Å²) in [7, 11) is -3.72. The van der Waals surface area contributed by atoms with E-state index in [1.54, 1.807) is 18.2 Å². The SMILES string of the molecule is C[C@H](NS(=O)(=O)C=Cc1nn(-c2ccc(Cl)cc2Cl)c2c1CCC2Cc1cccc(Cl)c1)c1ccccc1. The Morgan fingerprint density at radius 3 is 2.53 bits per heavy atom. The maximum Gasteiger partial charge on any atom is 0.234 e. The van der Waals surface area contributed by atoms with Crippen molar-refractivity contribution in [3.8, 4) is 5.69 Å². The summed E-state index contributed by atoms with van der Waals surface area (Å²) in [4.78, 5) is 0. The molecule has 0 fully saturated rings. The molecule has 1 N–H and O–H groups in total. The minimum absolute atomic E-state index is 0.165. The van der Waals surface area contributed by atoms with Crippen LogP contribution in [0.1, 0.15) is 53.4 Å². The van der Waals surface area contributed by atoms with E-state index in [0.29, 0.717) is 26.4 Å². The summed E-state index contributed by atoms with van der Waals surface area (Å²) in [5.41, 5.74) is 5.36. The van der Waals surface area contributed by atoms with Crippen molar-refractivity contribution in [3.05, 3.63) is 121 Å². The second-order valence-corrected chi connectivity index (χ2v) is 12.3. The van der Waals surface area contributed by atoms with E-state index in [1.165, 1.54) is 5.41 Å². The summed E-state index contributed by atoms with van der Waals surface area (Å²) in [5.74, 6) is 0.165. The van der Waals surface area contributed by atoms with Crippen LogP contribution in [0.15, 0.2) is 78.2 Å². The molecule has 1 aromatic heterocycles. The molecule has 5 nitrogen and oxygen atoms in total. The van der Waals surface area contributed by atoms with Crippen LogP contribution in [0.25, 0.3) is 11.8 Å². The first kappa shape index (κ1) is 27.0. The van der Waals surface area contributed by atoms with Crippen molar-refractivity contribution in [3.63, 3.8) is 0 Å². The van der Waals surface area contributed by atoms with Gasteiger partial charge in [-0.3, -0.25) is 0 Å². The van der Waals surface area contributed by atoms with E-state index in [4.69, 9.17) is 39.9 Å². The Balaban J connectivity index is 1.49. The zero-order valence-electron chi connectivity index (χ0n) is 20.6. The van der Waals surface area contributed by atoms with Gasteiger partial charge in [0.15, 0.2) is 0 Å². The Bertz CT molecular complexity index is 1600. The van der Waals surface area contributed by atoms with Crippen LogP contribution in [-0.4, -0.2) is 18.2 Å². The van der Waals surface area contributed by atoms with Gasteiger partial charge in [-0.05, 0) is 73.7 Å². The second-order valence-electron chi connectivity index (χ2n) is 9.42. The summed E-state index contributed by atoms with van der Waals surface area (Å²) < 4.78 is 30.4. The molecule has 0 radical (unpaired) electrons. The molecule has 0 aliphatic heterocycles. The molecule has 0 saturated heterocycles. The molecule has 0 spiro atoms. The van der Waals surface area contributed by atoms with E-state index < -0.39 is 10.0 Å². The first-order valence-corrected chi connectivity index (χ1v) is 15.0. The number of halogens is 3. The molecule has 2 atom stereocenters. The zero-order valence-corrected chi connectivity index (χ0v) is 23.7. The van der Waals surface area contributed by atoms with Crippen LogP contribution in [-0.2, 0) is 22.9 Å². The van der Waals surface area contributed by atoms with Crippen LogP contribution in [0, 0.1) is 0 Å². The molecule has 1 aliphatic carbocycles. The average Bonchev–Trinajstić information content (AvgIpc) is 3.44. The standard InChI is InChI=1S/C29H26Cl3N3O2S/c1-19(21-7-3-2-4-8-21)34-38(36,37)15-14-27-25-12-10-22(16-20-6-5-9-23(30)17-20)29(25)35(33-27)28-13-11-24(31)18-26(28)32/h2-9,11,13-15,17-19,22,34H,10,12,16H2,1H3/t19-,22?/m0/s1. The van der Waals surface area contributed by atoms with E-state index in [1.807, 2.05) is 66.2 Å². The van der Waals surface area contributed by atoms with Gasteiger partial charge in [0.25, 0.3) is 0 Å². The van der Waals surface area contributed by atoms with Gasteiger partial charge >= 0.3 is 0 Å². The summed E-state index contributed by atoms with van der Waals surface area (Å²) in [6, 6.07) is 22.2. The number of hydrogen-bond donors (Lipinski definition) is 1. The van der Waals surface area contributed by atoms with Crippen LogP contribution in [0.4, 0.5) is 0 Å². The third-order valence-electron chi connectivity index (χ3n) is 6.74. The van der Waals surface area contributed by atoms with E-state index >= 15 is 0 Å². The molecule has 0 amide bonds. The van der Waals surface area contributed by atoms with E-state index in [9.17, 15) is 8.42 Å². The molecule has 3 aromatic carbocycles. The van der Waals surface area contributed by atoms with Crippen LogP contribution in [0.3, 0.4) is 0 Å². The molecule has 0 saturated carbocycles. The van der Waals surface area contributed by atoms with Crippen LogP contribution in [0.5, 0.6) is 0 Å². The van der Waals surface area contributed by atoms with Crippen LogP contribution >= 0.6 is 34.8 Å². The number of hydrogen-bond acceptors (Lipinski definition) is 3. The third kappa shape index (κ3) is 6.00. The lowest BCUT2D eigenvalue weighted by atomic mass is 9.97. The Kier molecular flexibility index (Phi) is 7.98. The lowest BCUT2D eigenvalue weighted by Gasteiger charge is -2.15. The number of sulfonamides is 1. The van der Waals surface area contributed by atoms with Gasteiger partial charge in [-0.1, -0.05) is 77.3 Å². The van der Waals surface area contributed by atoms with Gasteiger partial charge < -0.3 is 0 Å². The maximum atomic E-state index is 12.9. The van der Waals surface area contributed by atoms with Crippen LogP contribution < -0.4 is 4.72 Å². The van der Waals surface area contributed by atoms with Gasteiger partial charge in [-0.25, -0.2) is 17.8 Å². The Hall–Kier alpha value is -2.61. The van der Waals surface area contributed by atoms with Crippen molar-refractivity contribution in [1.82, 2.24) is 14.5 Å². The molecule has 0 bridgehead atoms. The van der Waals surface area contributed by atoms with Gasteiger partial charge in [-0.15, -0.1) is 0 Å². The van der Waals surface area contributed by atoms with Crippen LogP contribution in [0.2, 0.25) is 15.1 Å². The molecule has 1 unspecified atom stereocenters. The largest absolute Gasteiger partial charge is 0.235 e. The van der Waals surface area contributed by atoms with Crippen molar-refractivity contribution in [1.29, 1.82) is 0 Å². The van der Waals surface area contributed by atoms with Gasteiger partial charge in [0, 0.05) is 33.0 Å². The molecule has 5 rings (SSSR count). The van der Waals surface area contributed by atoms with Crippen molar-refractivity contribution in [2.24, 2.45) is 0 Å². The van der Waals surface area contributed by atoms with Crippen molar-refractivity contribution < 1.29 is 8.42 Å². The minimum atomic E-state index is -3.72. The van der Waals surface area contributed by atoms with Gasteiger partial charge in [0.05, 0.1) is 22.1 Å². The highest BCUT2D eigenvalue weighted by Gasteiger charge is 2.31. The fourth-order valence-electron chi connectivity index (χ4n) is 4.98. The number of benzene rings is 3. The normalized spacial score (nSPS) is 16.2. The fraction of sp³-hybridized carbons (Fsp3) is 0.207. The Morgan fingerprint density at radius 1 is 1.03 bits per heavy atom. The molecular weight excluding hydrogens is 561 g/mol. The number of nitrogens with zero attached hydrogens (tertiary/aromatic N) is 2. The third-order valence-corrected chi connectivity index (χ3v) is 8.69. The lowest BCUT2D eigenvalue weighted by molar-refractivity contribution is 0.576. The van der Waals surface area contributed by atoms with Crippen molar-refractivity contribution >= 4 is 50.9 Å². The molecule has 1 heterocycles. The summed E-state index contributed by atoms with van der Waals surface area (Å²) in [6.07, 6.45) is 4.03. The Morgan fingerprint density at radius 2 is 1.79 bits per heavy atom. The topological polar surface area (TPSA) is 64.0 Å². The summed E-state index contributed by atoms with van der Waals surface area (Å²) in [5, 5.41) is 7.71. The van der Waals surface area contributed by atoms with E-state index in [-0.39, 0.29) is 12.0 Å². The first-order chi connectivity index (χ1) is 18.2. The van der Waals surface area contributed by atoms with Crippen molar-refractivity contribution in [2.45, 2.75) is 38.1 Å². The van der Waals surface area contributed by atoms with Gasteiger partial charge in [0.1, 0.15) is 0 Å². The molecule has 196 valence electrons. The summed E-state index contributed by atoms with van der Waals surface area (Å²) >= 11 is 19.0. The summed E-state index contributed by atoms with van der Waals surface area (Å²) in [6.45, 7) is 1.82. The van der Waals surface area contributed by atoms with Gasteiger partial charge in [0.2, 0.25) is 10.0 Å². The number of aromatic nitrogens is 2. The monoisotopic (exact) mass is 585 g/mol. The highest BCUT2D eigenvalue weighted by molar-refractivity contribution is 7.92. The number of rotatable bonds is 8. The second kappa shape index (κ2) is 11.2. The molecule has 4 aromatic rings. The smallest absolute Gasteiger partial charge is 0.234 e. The first-order valence-electron chi connectivity index (χ1n) is 12.3. The molecule has 9 heteroatoms. The van der Waals surface area contributed by atoms with E-state index in [0.717, 1.165) is 41.6 Å². The maximum absolute atomic E-state index is 12.9. The fourth-order valence-corrected chi connectivity index (χ4v) is 6.70. The zero-order chi connectivity index (χ0) is 26.9. The highest BCUT2D eigenvalue weighted by Crippen LogP contribution is 2.40. The van der Waals surface area contributed by atoms with Gasteiger partial charge in [-0.2, -0.15) is 5.10 Å². The highest BCUT2D eigenvalue weighted by atomic mass is 35.5. The predicted octanol–water partition coefficient (Wildman–Crippen LogP) is 7.76. The van der Waals surface area contributed by atoms with Crippen molar-refractivity contribution in [2.75, 3.05) is 0 Å². The van der Waals surface area contributed by atoms with E-state index in [2.05, 4.69) is 10.8 Å². The number of nitrogens with one attached hydrogen (secondary N) is 1. The molecular formula is C29H26Cl3N3O2S. The lowest BCUT2D eigenvalue weighted by Crippen LogP contribution is -2.24.